The van der Waals surface area contributed by atoms with Crippen LogP contribution in [0.25, 0.3) is 0 Å². The zero-order chi connectivity index (χ0) is 19.8. The molecule has 1 saturated heterocycles. The maximum atomic E-state index is 12.5. The molecule has 0 bridgehead atoms. The molecule has 1 aliphatic heterocycles. The number of likely N-dealkylation sites (tertiary alicyclic amines) is 1. The molecule has 1 saturated carbocycles. The van der Waals surface area contributed by atoms with Crippen molar-refractivity contribution < 1.29 is 19.4 Å². The van der Waals surface area contributed by atoms with E-state index in [2.05, 4.69) is 34.0 Å². The maximum Gasteiger partial charge on any atom is 0.290 e. The highest BCUT2D eigenvalue weighted by Gasteiger charge is 2.43. The van der Waals surface area contributed by atoms with Crippen molar-refractivity contribution in [2.45, 2.75) is 44.4 Å². The Bertz CT molecular complexity index is 580. The smallest absolute Gasteiger partial charge is 0.290 e. The summed E-state index contributed by atoms with van der Waals surface area (Å²) in [5.41, 5.74) is 0. The number of carbonyl (C=O) groups excluding carboxylic acids is 1. The minimum Gasteiger partial charge on any atom is -0.483 e. The summed E-state index contributed by atoms with van der Waals surface area (Å²) in [6, 6.07) is 0.457. The molecule has 4 atom stereocenters. The highest BCUT2D eigenvalue weighted by molar-refractivity contribution is 5.76. The fourth-order valence-corrected chi connectivity index (χ4v) is 4.29. The molecule has 0 unspecified atom stereocenters. The van der Waals surface area contributed by atoms with E-state index >= 15 is 0 Å². The van der Waals surface area contributed by atoms with E-state index in [-0.39, 0.29) is 18.5 Å². The van der Waals surface area contributed by atoms with Gasteiger partial charge < -0.3 is 19.6 Å². The minimum atomic E-state index is -0.250. The molecule has 0 radical (unpaired) electrons. The first-order valence-corrected chi connectivity index (χ1v) is 9.37. The molecule has 3 rings (SSSR count). The van der Waals surface area contributed by atoms with E-state index in [0.29, 0.717) is 24.3 Å². The van der Waals surface area contributed by atoms with Crippen molar-refractivity contribution in [1.29, 1.82) is 0 Å². The number of hydrogen-bond donors (Lipinski definition) is 1. The van der Waals surface area contributed by atoms with E-state index in [1.165, 1.54) is 6.33 Å². The van der Waals surface area contributed by atoms with Gasteiger partial charge in [-0.2, -0.15) is 5.10 Å². The van der Waals surface area contributed by atoms with Gasteiger partial charge in [-0.05, 0) is 45.2 Å². The lowest BCUT2D eigenvalue weighted by molar-refractivity contribution is -0.130. The van der Waals surface area contributed by atoms with Crippen molar-refractivity contribution in [3.05, 3.63) is 12.7 Å². The lowest BCUT2D eigenvalue weighted by Crippen LogP contribution is -2.47. The third kappa shape index (κ3) is 5.74. The molecule has 2 aliphatic rings. The summed E-state index contributed by atoms with van der Waals surface area (Å²) in [6.45, 7) is 2.31. The fraction of sp³-hybridized carbons (Fsp3) is 0.778. The van der Waals surface area contributed by atoms with Gasteiger partial charge in [0.2, 0.25) is 5.91 Å². The Morgan fingerprint density at radius 2 is 2.00 bits per heavy atom. The third-order valence-electron chi connectivity index (χ3n) is 5.65. The Labute approximate surface area is 160 Å². The number of fused-ring (bicyclic) bond motifs is 1. The second-order valence-corrected chi connectivity index (χ2v) is 7.46. The number of aromatic nitrogens is 3. The standard InChI is InChI=1S/C17H29N5O2.CH2O2/c1-20(2)15-7-13-9-21(10-14(13)8-16(15)24-3)17(23)5-4-6-22-12-18-11-19-22;2-1-3/h11-16H,4-10H2,1-3H3;1H,(H,2,3)/t13-,14+,15-,16-;/m1./s1. The molecule has 152 valence electrons. The largest absolute Gasteiger partial charge is 0.483 e. The SMILES string of the molecule is CO[C@@H]1C[C@H]2CN(C(=O)CCCn3cncn3)C[C@H]2C[C@H]1N(C)C.O=CO. The molecule has 2 fully saturated rings. The van der Waals surface area contributed by atoms with Crippen LogP contribution in [0.2, 0.25) is 0 Å². The number of amides is 1. The van der Waals surface area contributed by atoms with Crippen molar-refractivity contribution in [2.75, 3.05) is 34.3 Å². The number of methoxy groups -OCH3 is 1. The predicted molar refractivity (Wildman–Crippen MR) is 99.0 cm³/mol. The molecule has 27 heavy (non-hydrogen) atoms. The molecular weight excluding hydrogens is 350 g/mol. The summed E-state index contributed by atoms with van der Waals surface area (Å²) in [7, 11) is 6.06. The quantitative estimate of drug-likeness (QED) is 0.719. The number of likely N-dealkylation sites (N-methyl/N-ethyl adjacent to an activating group) is 1. The number of rotatable bonds is 6. The van der Waals surface area contributed by atoms with Crippen molar-refractivity contribution in [1.82, 2.24) is 24.6 Å². The number of carboxylic acid groups (broad SMARTS) is 1. The zero-order valence-corrected chi connectivity index (χ0v) is 16.4. The van der Waals surface area contributed by atoms with E-state index in [0.717, 1.165) is 38.9 Å². The minimum absolute atomic E-state index is 0.250. The Kier molecular flexibility index (Phi) is 8.18. The van der Waals surface area contributed by atoms with Gasteiger partial charge in [-0.1, -0.05) is 0 Å². The highest BCUT2D eigenvalue weighted by Crippen LogP contribution is 2.38. The van der Waals surface area contributed by atoms with Gasteiger partial charge in [-0.15, -0.1) is 0 Å². The summed E-state index contributed by atoms with van der Waals surface area (Å²) in [6.07, 6.45) is 7.09. The van der Waals surface area contributed by atoms with Gasteiger partial charge in [0, 0.05) is 39.2 Å². The van der Waals surface area contributed by atoms with E-state index in [4.69, 9.17) is 14.6 Å². The summed E-state index contributed by atoms with van der Waals surface area (Å²) in [4.78, 5) is 29.1. The molecule has 9 heteroatoms. The monoisotopic (exact) mass is 381 g/mol. The van der Waals surface area contributed by atoms with Crippen LogP contribution in [-0.4, -0.2) is 88.5 Å². The second kappa shape index (κ2) is 10.4. The van der Waals surface area contributed by atoms with E-state index < -0.39 is 0 Å². The van der Waals surface area contributed by atoms with Crippen LogP contribution in [0.15, 0.2) is 12.7 Å². The topological polar surface area (TPSA) is 101 Å². The van der Waals surface area contributed by atoms with Crippen LogP contribution in [0.1, 0.15) is 25.7 Å². The summed E-state index contributed by atoms with van der Waals surface area (Å²) in [5.74, 6) is 1.48. The number of ether oxygens (including phenoxy) is 1. The lowest BCUT2D eigenvalue weighted by Gasteiger charge is -2.40. The number of aryl methyl sites for hydroxylation is 1. The second-order valence-electron chi connectivity index (χ2n) is 7.46. The van der Waals surface area contributed by atoms with Crippen LogP contribution >= 0.6 is 0 Å². The van der Waals surface area contributed by atoms with Gasteiger partial charge in [0.1, 0.15) is 12.7 Å². The van der Waals surface area contributed by atoms with Crippen LogP contribution in [-0.2, 0) is 20.9 Å². The summed E-state index contributed by atoms with van der Waals surface area (Å²) < 4.78 is 7.49. The molecule has 2 heterocycles. The molecule has 1 N–H and O–H groups in total. The van der Waals surface area contributed by atoms with Crippen LogP contribution in [0, 0.1) is 11.8 Å². The maximum absolute atomic E-state index is 12.5. The lowest BCUT2D eigenvalue weighted by atomic mass is 9.77. The van der Waals surface area contributed by atoms with Crippen molar-refractivity contribution in [2.24, 2.45) is 11.8 Å². The summed E-state index contributed by atoms with van der Waals surface area (Å²) in [5, 5.41) is 11.0. The van der Waals surface area contributed by atoms with Gasteiger partial charge in [0.25, 0.3) is 6.47 Å². The van der Waals surface area contributed by atoms with E-state index in [1.54, 1.807) is 11.0 Å². The first kappa shape index (κ1) is 21.3. The van der Waals surface area contributed by atoms with Gasteiger partial charge in [0.05, 0.1) is 6.10 Å². The normalized spacial score (nSPS) is 27.0. The Hall–Kier alpha value is -2.00. The van der Waals surface area contributed by atoms with E-state index in [9.17, 15) is 4.79 Å². The van der Waals surface area contributed by atoms with Gasteiger partial charge >= 0.3 is 0 Å². The molecule has 9 nitrogen and oxygen atoms in total. The highest BCUT2D eigenvalue weighted by atomic mass is 16.5. The molecule has 0 aromatic carbocycles. The average Bonchev–Trinajstić information content (AvgIpc) is 3.30. The van der Waals surface area contributed by atoms with Crippen LogP contribution in [0.3, 0.4) is 0 Å². The summed E-state index contributed by atoms with van der Waals surface area (Å²) >= 11 is 0. The molecule has 0 spiro atoms. The van der Waals surface area contributed by atoms with Gasteiger partial charge in [0.15, 0.2) is 0 Å². The van der Waals surface area contributed by atoms with Crippen molar-refractivity contribution in [3.8, 4) is 0 Å². The number of carbonyl (C=O) groups is 2. The fourth-order valence-electron chi connectivity index (χ4n) is 4.29. The molecular formula is C18H31N5O4. The van der Waals surface area contributed by atoms with Crippen molar-refractivity contribution in [3.63, 3.8) is 0 Å². The molecule has 1 amide bonds. The van der Waals surface area contributed by atoms with Gasteiger partial charge in [-0.25, -0.2) is 4.98 Å². The predicted octanol–water partition coefficient (Wildman–Crippen LogP) is 0.573. The Balaban J connectivity index is 0.000000817. The van der Waals surface area contributed by atoms with Gasteiger partial charge in [-0.3, -0.25) is 14.3 Å². The third-order valence-corrected chi connectivity index (χ3v) is 5.65. The van der Waals surface area contributed by atoms with Crippen molar-refractivity contribution >= 4 is 12.4 Å². The zero-order valence-electron chi connectivity index (χ0n) is 16.4. The first-order valence-electron chi connectivity index (χ1n) is 9.37. The number of hydrogen-bond acceptors (Lipinski definition) is 6. The Morgan fingerprint density at radius 1 is 1.33 bits per heavy atom. The first-order chi connectivity index (χ1) is 13.0. The van der Waals surface area contributed by atoms with Crippen LogP contribution in [0.4, 0.5) is 0 Å². The molecule has 1 aromatic rings. The van der Waals surface area contributed by atoms with Crippen LogP contribution < -0.4 is 0 Å². The number of nitrogens with zero attached hydrogens (tertiary/aromatic N) is 5. The molecule has 1 aromatic heterocycles. The van der Waals surface area contributed by atoms with E-state index in [1.807, 2.05) is 7.11 Å². The van der Waals surface area contributed by atoms with Crippen LogP contribution in [0.5, 0.6) is 0 Å². The Morgan fingerprint density at radius 3 is 2.56 bits per heavy atom. The average molecular weight is 381 g/mol. The molecule has 1 aliphatic carbocycles.